The third-order valence-electron chi connectivity index (χ3n) is 2.83. The Morgan fingerprint density at radius 2 is 1.83 bits per heavy atom. The van der Waals surface area contributed by atoms with Gasteiger partial charge in [-0.3, -0.25) is 4.79 Å². The zero-order chi connectivity index (χ0) is 14.1. The van der Waals surface area contributed by atoms with E-state index in [1.807, 2.05) is 0 Å². The zero-order valence-electron chi connectivity index (χ0n) is 10.2. The lowest BCUT2D eigenvalue weighted by Crippen LogP contribution is -2.50. The Morgan fingerprint density at radius 1 is 1.28 bits per heavy atom. The molecule has 1 aromatic carbocycles. The number of carbonyl (C=O) groups excluding carboxylic acids is 1. The molecule has 98 valence electrons. The second-order valence-electron chi connectivity index (χ2n) is 4.35. The molecule has 0 atom stereocenters. The second-order valence-corrected chi connectivity index (χ2v) is 5.20. The number of nitrogens with zero attached hydrogens (tertiary/aromatic N) is 1. The summed E-state index contributed by atoms with van der Waals surface area (Å²) in [6.07, 6.45) is 0. The maximum absolute atomic E-state index is 12.2. The molecule has 18 heavy (non-hydrogen) atoms. The molecule has 1 aromatic rings. The first-order valence-electron chi connectivity index (χ1n) is 5.14. The Morgan fingerprint density at radius 3 is 2.33 bits per heavy atom. The number of benzene rings is 1. The van der Waals surface area contributed by atoms with Gasteiger partial charge in [0.05, 0.1) is 10.6 Å². The van der Waals surface area contributed by atoms with Crippen LogP contribution in [0.25, 0.3) is 0 Å². The molecule has 0 fully saturated rings. The van der Waals surface area contributed by atoms with Gasteiger partial charge in [-0.2, -0.15) is 0 Å². The average Bonchev–Trinajstić information content (AvgIpc) is 2.30. The molecule has 0 spiro atoms. The Balaban J connectivity index is 3.15. The number of amides is 1. The fourth-order valence-corrected chi connectivity index (χ4v) is 1.61. The zero-order valence-corrected chi connectivity index (χ0v) is 11.7. The SMILES string of the molecule is CN(C(=O)c1cc(Cl)ccc1Cl)C(C)(C)C(=O)O. The van der Waals surface area contributed by atoms with Crippen LogP contribution in [0.1, 0.15) is 24.2 Å². The molecule has 0 aliphatic rings. The molecule has 0 heterocycles. The van der Waals surface area contributed by atoms with Gasteiger partial charge in [0.15, 0.2) is 0 Å². The summed E-state index contributed by atoms with van der Waals surface area (Å²) in [6, 6.07) is 4.47. The number of rotatable bonds is 3. The Kier molecular flexibility index (Phi) is 4.24. The molecule has 1 amide bonds. The van der Waals surface area contributed by atoms with Crippen LogP contribution in [0, 0.1) is 0 Å². The summed E-state index contributed by atoms with van der Waals surface area (Å²) in [6.45, 7) is 2.87. The molecule has 0 aliphatic carbocycles. The molecule has 0 aliphatic heterocycles. The number of carbonyl (C=O) groups is 2. The smallest absolute Gasteiger partial charge is 0.329 e. The van der Waals surface area contributed by atoms with Crippen molar-refractivity contribution in [3.05, 3.63) is 33.8 Å². The van der Waals surface area contributed by atoms with Crippen LogP contribution in [0.15, 0.2) is 18.2 Å². The van der Waals surface area contributed by atoms with Gasteiger partial charge in [-0.25, -0.2) is 4.79 Å². The van der Waals surface area contributed by atoms with Gasteiger partial charge in [0, 0.05) is 12.1 Å². The number of halogens is 2. The average molecular weight is 290 g/mol. The van der Waals surface area contributed by atoms with Gasteiger partial charge in [0.1, 0.15) is 5.54 Å². The molecule has 4 nitrogen and oxygen atoms in total. The van der Waals surface area contributed by atoms with Crippen LogP contribution in [-0.2, 0) is 4.79 Å². The van der Waals surface area contributed by atoms with Crippen molar-refractivity contribution in [3.63, 3.8) is 0 Å². The molecule has 1 rings (SSSR count). The van der Waals surface area contributed by atoms with E-state index in [-0.39, 0.29) is 10.6 Å². The van der Waals surface area contributed by atoms with Gasteiger partial charge in [-0.05, 0) is 32.0 Å². The van der Waals surface area contributed by atoms with Crippen molar-refractivity contribution in [1.82, 2.24) is 4.90 Å². The summed E-state index contributed by atoms with van der Waals surface area (Å²) >= 11 is 11.7. The highest BCUT2D eigenvalue weighted by Gasteiger charge is 2.36. The summed E-state index contributed by atoms with van der Waals surface area (Å²) in [5, 5.41) is 9.68. The first-order chi connectivity index (χ1) is 8.17. The van der Waals surface area contributed by atoms with Crippen LogP contribution in [0.4, 0.5) is 0 Å². The predicted molar refractivity (Wildman–Crippen MR) is 70.3 cm³/mol. The van der Waals surface area contributed by atoms with Crippen molar-refractivity contribution in [1.29, 1.82) is 0 Å². The third kappa shape index (κ3) is 2.76. The Labute approximate surface area is 115 Å². The lowest BCUT2D eigenvalue weighted by molar-refractivity contribution is -0.147. The van der Waals surface area contributed by atoms with Crippen LogP contribution in [-0.4, -0.2) is 34.5 Å². The first-order valence-corrected chi connectivity index (χ1v) is 5.90. The summed E-state index contributed by atoms with van der Waals surface area (Å²) in [5.41, 5.74) is -1.15. The lowest BCUT2D eigenvalue weighted by atomic mass is 10.0. The van der Waals surface area contributed by atoms with Gasteiger partial charge < -0.3 is 10.0 Å². The summed E-state index contributed by atoms with van der Waals surface area (Å²) in [4.78, 5) is 24.4. The molecule has 0 unspecified atom stereocenters. The highest BCUT2D eigenvalue weighted by molar-refractivity contribution is 6.35. The van der Waals surface area contributed by atoms with Crippen molar-refractivity contribution in [2.45, 2.75) is 19.4 Å². The van der Waals surface area contributed by atoms with E-state index in [0.717, 1.165) is 4.90 Å². The number of carboxylic acid groups (broad SMARTS) is 1. The van der Waals surface area contributed by atoms with Crippen LogP contribution in [0.2, 0.25) is 10.0 Å². The number of hydrogen-bond donors (Lipinski definition) is 1. The van der Waals surface area contributed by atoms with E-state index in [1.54, 1.807) is 6.07 Å². The predicted octanol–water partition coefficient (Wildman–Crippen LogP) is 2.93. The van der Waals surface area contributed by atoms with E-state index in [4.69, 9.17) is 28.3 Å². The largest absolute Gasteiger partial charge is 0.480 e. The number of hydrogen-bond acceptors (Lipinski definition) is 2. The topological polar surface area (TPSA) is 57.6 Å². The van der Waals surface area contributed by atoms with E-state index in [0.29, 0.717) is 5.02 Å². The van der Waals surface area contributed by atoms with Gasteiger partial charge in [-0.15, -0.1) is 0 Å². The van der Waals surface area contributed by atoms with E-state index in [1.165, 1.54) is 33.0 Å². The van der Waals surface area contributed by atoms with Crippen LogP contribution >= 0.6 is 23.2 Å². The highest BCUT2D eigenvalue weighted by atomic mass is 35.5. The van der Waals surface area contributed by atoms with E-state index < -0.39 is 17.4 Å². The van der Waals surface area contributed by atoms with Crippen molar-refractivity contribution in [2.75, 3.05) is 7.05 Å². The number of aliphatic carboxylic acids is 1. The quantitative estimate of drug-likeness (QED) is 0.931. The monoisotopic (exact) mass is 289 g/mol. The summed E-state index contributed by atoms with van der Waals surface area (Å²) in [5.74, 6) is -1.59. The maximum atomic E-state index is 12.2. The van der Waals surface area contributed by atoms with Gasteiger partial charge in [-0.1, -0.05) is 23.2 Å². The van der Waals surface area contributed by atoms with Crippen LogP contribution in [0.5, 0.6) is 0 Å². The number of likely N-dealkylation sites (N-methyl/N-ethyl adjacent to an activating group) is 1. The second kappa shape index (κ2) is 5.16. The minimum absolute atomic E-state index is 0.181. The van der Waals surface area contributed by atoms with Crippen LogP contribution in [0.3, 0.4) is 0 Å². The lowest BCUT2D eigenvalue weighted by Gasteiger charge is -2.31. The fourth-order valence-electron chi connectivity index (χ4n) is 1.24. The fraction of sp³-hybridized carbons (Fsp3) is 0.333. The van der Waals surface area contributed by atoms with Crippen molar-refractivity contribution >= 4 is 35.1 Å². The number of carboxylic acids is 1. The van der Waals surface area contributed by atoms with E-state index >= 15 is 0 Å². The molecule has 6 heteroatoms. The molecule has 0 aromatic heterocycles. The normalized spacial score (nSPS) is 11.2. The van der Waals surface area contributed by atoms with Gasteiger partial charge in [0.2, 0.25) is 0 Å². The standard InChI is InChI=1S/C12H13Cl2NO3/c1-12(2,11(17)18)15(3)10(16)8-6-7(13)4-5-9(8)14/h4-6H,1-3H3,(H,17,18). The van der Waals surface area contributed by atoms with Gasteiger partial charge >= 0.3 is 5.97 Å². The Bertz CT molecular complexity index is 500. The molecular weight excluding hydrogens is 277 g/mol. The summed E-state index contributed by atoms with van der Waals surface area (Å²) in [7, 11) is 1.41. The van der Waals surface area contributed by atoms with E-state index in [9.17, 15) is 9.59 Å². The highest BCUT2D eigenvalue weighted by Crippen LogP contribution is 2.24. The molecule has 0 saturated heterocycles. The van der Waals surface area contributed by atoms with Crippen molar-refractivity contribution in [2.24, 2.45) is 0 Å². The minimum Gasteiger partial charge on any atom is -0.480 e. The Hall–Kier alpha value is -1.26. The maximum Gasteiger partial charge on any atom is 0.329 e. The molecule has 1 N–H and O–H groups in total. The molecular formula is C12H13Cl2NO3. The van der Waals surface area contributed by atoms with Crippen LogP contribution < -0.4 is 0 Å². The minimum atomic E-state index is -1.33. The summed E-state index contributed by atoms with van der Waals surface area (Å²) < 4.78 is 0. The molecule has 0 radical (unpaired) electrons. The van der Waals surface area contributed by atoms with Crippen molar-refractivity contribution < 1.29 is 14.7 Å². The van der Waals surface area contributed by atoms with Gasteiger partial charge in [0.25, 0.3) is 5.91 Å². The van der Waals surface area contributed by atoms with E-state index in [2.05, 4.69) is 0 Å². The first kappa shape index (κ1) is 14.8. The molecule has 0 saturated carbocycles. The van der Waals surface area contributed by atoms with Crippen molar-refractivity contribution in [3.8, 4) is 0 Å². The molecule has 0 bridgehead atoms. The third-order valence-corrected chi connectivity index (χ3v) is 3.39.